The fraction of sp³-hybridized carbons (Fsp3) is 0.431. The first-order valence-electron chi connectivity index (χ1n) is 22.8. The first kappa shape index (κ1) is 48.0. The molecule has 7 rings (SSSR count). The van der Waals surface area contributed by atoms with Crippen LogP contribution in [0.5, 0.6) is 0 Å². The van der Waals surface area contributed by atoms with Crippen LogP contribution < -0.4 is 10.6 Å². The van der Waals surface area contributed by atoms with Gasteiger partial charge in [-0.15, -0.1) is 5.10 Å². The van der Waals surface area contributed by atoms with Crippen LogP contribution >= 0.6 is 0 Å². The molecule has 0 saturated carbocycles. The van der Waals surface area contributed by atoms with Gasteiger partial charge in [-0.05, 0) is 40.5 Å². The molecule has 3 amide bonds. The molecule has 0 spiro atoms. The predicted octanol–water partition coefficient (Wildman–Crippen LogP) is 6.60. The highest BCUT2D eigenvalue weighted by molar-refractivity contribution is 5.88. The van der Waals surface area contributed by atoms with Crippen molar-refractivity contribution in [1.29, 1.82) is 0 Å². The number of hydrogen-bond donors (Lipinski definition) is 2. The number of nitrogens with one attached hydrogen (secondary N) is 2. The molecule has 0 radical (unpaired) electrons. The van der Waals surface area contributed by atoms with Gasteiger partial charge in [0.1, 0.15) is 49.3 Å². The lowest BCUT2D eigenvalue weighted by atomic mass is 9.93. The Kier molecular flexibility index (Phi) is 17.4. The minimum absolute atomic E-state index is 0.0467. The monoisotopic (exact) mass is 902 g/mol. The molecule has 0 aliphatic carbocycles. The Morgan fingerprint density at radius 3 is 1.77 bits per heavy atom. The van der Waals surface area contributed by atoms with Crippen LogP contribution in [0, 0.1) is 11.8 Å². The summed E-state index contributed by atoms with van der Waals surface area (Å²) in [4.78, 5) is 44.7. The largest absolute Gasteiger partial charge is 0.443 e. The van der Waals surface area contributed by atoms with Crippen molar-refractivity contribution >= 4 is 17.9 Å². The summed E-state index contributed by atoms with van der Waals surface area (Å²) in [6.07, 6.45) is -3.30. The maximum absolute atomic E-state index is 15.3. The van der Waals surface area contributed by atoms with E-state index in [1.54, 1.807) is 6.20 Å². The minimum Gasteiger partial charge on any atom is -0.443 e. The molecule has 2 aliphatic rings. The van der Waals surface area contributed by atoms with Crippen LogP contribution in [0.15, 0.2) is 128 Å². The Morgan fingerprint density at radius 1 is 0.697 bits per heavy atom. The SMILES string of the molecule is CC(C)CC1CNC(=O)C(C(C)C)N([C@@H]2O[C@H](COCc3ccccc3)[C@@H](OCc3ccccc3)[C@H](OCc3ccccc3)[C@H]2OCc2ccccc2)C(=O)Cn2cc(nn2)COC(=O)N1. The van der Waals surface area contributed by atoms with Gasteiger partial charge in [-0.1, -0.05) is 154 Å². The number of aromatic nitrogens is 3. The van der Waals surface area contributed by atoms with Gasteiger partial charge in [-0.25, -0.2) is 9.48 Å². The van der Waals surface area contributed by atoms with Crippen molar-refractivity contribution in [2.45, 2.75) is 116 Å². The summed E-state index contributed by atoms with van der Waals surface area (Å²) in [5, 5.41) is 14.4. The van der Waals surface area contributed by atoms with Gasteiger partial charge in [0.15, 0.2) is 6.23 Å². The summed E-state index contributed by atoms with van der Waals surface area (Å²) >= 11 is 0. The second kappa shape index (κ2) is 24.0. The van der Waals surface area contributed by atoms with Crippen LogP contribution in [0.4, 0.5) is 4.79 Å². The Hall–Kier alpha value is -5.97. The lowest BCUT2D eigenvalue weighted by Gasteiger charge is -2.51. The Bertz CT molecular complexity index is 2250. The van der Waals surface area contributed by atoms with Gasteiger partial charge in [0, 0.05) is 12.6 Å². The van der Waals surface area contributed by atoms with E-state index in [2.05, 4.69) is 20.9 Å². The standard InChI is InChI=1S/C51H62N6O9/c1-35(2)25-41-26-52-49(59)45(36(3)4)57(44(58)28-56-27-42(54-55-56)33-65-51(60)53-41)50-48(64-32-40-23-15-8-16-24-40)47(63-31-39-21-13-7-14-22-39)46(62-30-38-19-11-6-12-20-38)43(66-50)34-61-29-37-17-9-5-10-18-37/h5-24,27,35-36,41,43,45-48,50H,25-26,28-34H2,1-4H3,(H,52,59)(H,53,60)/t41?,43-,45?,46-,47+,48-,50-/m1/s1. The molecule has 2 bridgehead atoms. The van der Waals surface area contributed by atoms with E-state index in [1.807, 2.05) is 149 Å². The van der Waals surface area contributed by atoms with Gasteiger partial charge in [0.25, 0.3) is 0 Å². The summed E-state index contributed by atoms with van der Waals surface area (Å²) in [7, 11) is 0. The number of benzene rings is 4. The third-order valence-electron chi connectivity index (χ3n) is 11.5. The van der Waals surface area contributed by atoms with Crippen LogP contribution in [-0.2, 0) is 77.6 Å². The normalized spacial score (nSPS) is 23.2. The maximum Gasteiger partial charge on any atom is 0.407 e. The Labute approximate surface area is 387 Å². The molecule has 1 aromatic heterocycles. The highest BCUT2D eigenvalue weighted by Crippen LogP contribution is 2.35. The van der Waals surface area contributed by atoms with Crippen molar-refractivity contribution in [3.05, 3.63) is 155 Å². The molecule has 2 N–H and O–H groups in total. The van der Waals surface area contributed by atoms with Crippen LogP contribution in [0.3, 0.4) is 0 Å². The first-order chi connectivity index (χ1) is 32.1. The van der Waals surface area contributed by atoms with Gasteiger partial charge >= 0.3 is 6.09 Å². The zero-order valence-corrected chi connectivity index (χ0v) is 38.1. The first-order valence-corrected chi connectivity index (χ1v) is 22.8. The molecule has 2 aliphatic heterocycles. The number of amides is 3. The highest BCUT2D eigenvalue weighted by atomic mass is 16.6. The van der Waals surface area contributed by atoms with Gasteiger partial charge in [0.2, 0.25) is 11.8 Å². The molecule has 5 aromatic rings. The number of hydrogen-bond acceptors (Lipinski definition) is 11. The smallest absolute Gasteiger partial charge is 0.407 e. The van der Waals surface area contributed by atoms with Crippen molar-refractivity contribution < 1.29 is 42.8 Å². The maximum atomic E-state index is 15.3. The summed E-state index contributed by atoms with van der Waals surface area (Å²) < 4.78 is 41.4. The van der Waals surface area contributed by atoms with Crippen LogP contribution in [0.25, 0.3) is 0 Å². The highest BCUT2D eigenvalue weighted by Gasteiger charge is 2.53. The number of nitrogens with zero attached hydrogens (tertiary/aromatic N) is 4. The number of rotatable bonds is 17. The molecule has 1 saturated heterocycles. The van der Waals surface area contributed by atoms with E-state index in [-0.39, 0.29) is 58.6 Å². The quantitative estimate of drug-likeness (QED) is 0.103. The molecular formula is C51H62N6O9. The van der Waals surface area contributed by atoms with Crippen molar-refractivity contribution in [3.8, 4) is 0 Å². The number of fused-ring (bicyclic) bond motifs is 2. The van der Waals surface area contributed by atoms with Gasteiger partial charge < -0.3 is 44.0 Å². The zero-order chi connectivity index (χ0) is 46.3. The van der Waals surface area contributed by atoms with E-state index in [0.29, 0.717) is 12.1 Å². The fourth-order valence-corrected chi connectivity index (χ4v) is 8.34. The summed E-state index contributed by atoms with van der Waals surface area (Å²) in [5.41, 5.74) is 4.05. The van der Waals surface area contributed by atoms with E-state index < -0.39 is 66.6 Å². The molecule has 350 valence electrons. The molecule has 7 atom stereocenters. The lowest BCUT2D eigenvalue weighted by molar-refractivity contribution is -0.300. The zero-order valence-electron chi connectivity index (χ0n) is 38.1. The summed E-state index contributed by atoms with van der Waals surface area (Å²) in [6, 6.07) is 37.6. The number of cyclic esters (lactones) is 1. The Balaban J connectivity index is 1.34. The van der Waals surface area contributed by atoms with E-state index in [0.717, 1.165) is 22.3 Å². The average molecular weight is 903 g/mol. The summed E-state index contributed by atoms with van der Waals surface area (Å²) in [5.74, 6) is -1.20. The van der Waals surface area contributed by atoms with E-state index >= 15 is 4.79 Å². The van der Waals surface area contributed by atoms with Crippen LogP contribution in [-0.4, -0.2) is 93.7 Å². The molecule has 15 heteroatoms. The van der Waals surface area contributed by atoms with E-state index in [1.165, 1.54) is 9.58 Å². The van der Waals surface area contributed by atoms with Crippen molar-refractivity contribution in [1.82, 2.24) is 30.5 Å². The molecule has 4 aromatic carbocycles. The third kappa shape index (κ3) is 13.5. The number of ether oxygens (including phenoxy) is 6. The molecule has 66 heavy (non-hydrogen) atoms. The number of carbonyl (C=O) groups excluding carboxylic acids is 3. The molecule has 15 nitrogen and oxygen atoms in total. The van der Waals surface area contributed by atoms with Crippen LogP contribution in [0.1, 0.15) is 62.1 Å². The van der Waals surface area contributed by atoms with E-state index in [9.17, 15) is 9.59 Å². The molecule has 3 heterocycles. The topological polar surface area (TPSA) is 165 Å². The van der Waals surface area contributed by atoms with Gasteiger partial charge in [-0.2, -0.15) is 0 Å². The lowest BCUT2D eigenvalue weighted by Crippen LogP contribution is -2.69. The van der Waals surface area contributed by atoms with Crippen molar-refractivity contribution in [3.63, 3.8) is 0 Å². The van der Waals surface area contributed by atoms with Gasteiger partial charge in [0.05, 0.1) is 39.2 Å². The van der Waals surface area contributed by atoms with Crippen molar-refractivity contribution in [2.24, 2.45) is 11.8 Å². The average Bonchev–Trinajstić information content (AvgIpc) is 3.77. The third-order valence-corrected chi connectivity index (χ3v) is 11.5. The second-order valence-corrected chi connectivity index (χ2v) is 17.5. The molecule has 2 unspecified atom stereocenters. The number of carbonyl (C=O) groups is 3. The molecule has 1 fully saturated rings. The van der Waals surface area contributed by atoms with E-state index in [4.69, 9.17) is 28.4 Å². The summed E-state index contributed by atoms with van der Waals surface area (Å²) in [6.45, 7) is 8.27. The van der Waals surface area contributed by atoms with Crippen molar-refractivity contribution in [2.75, 3.05) is 13.2 Å². The minimum atomic E-state index is -1.23. The van der Waals surface area contributed by atoms with Gasteiger partial charge in [-0.3, -0.25) is 9.59 Å². The second-order valence-electron chi connectivity index (χ2n) is 17.5. The predicted molar refractivity (Wildman–Crippen MR) is 245 cm³/mol. The Morgan fingerprint density at radius 2 is 1.23 bits per heavy atom. The fourth-order valence-electron chi connectivity index (χ4n) is 8.34. The molecular weight excluding hydrogens is 841 g/mol. The van der Waals surface area contributed by atoms with Crippen LogP contribution in [0.2, 0.25) is 0 Å². The number of alkyl carbamates (subject to hydrolysis) is 1.